The van der Waals surface area contributed by atoms with E-state index in [1.165, 1.54) is 5.56 Å². The summed E-state index contributed by atoms with van der Waals surface area (Å²) < 4.78 is 11.2. The first kappa shape index (κ1) is 22.7. The third kappa shape index (κ3) is 6.28. The maximum absolute atomic E-state index is 10.4. The van der Waals surface area contributed by atoms with Crippen molar-refractivity contribution in [3.63, 3.8) is 0 Å². The number of aliphatic hydroxyl groups is 1. The number of ether oxygens (including phenoxy) is 2. The van der Waals surface area contributed by atoms with E-state index >= 15 is 0 Å². The molecule has 2 aromatic rings. The van der Waals surface area contributed by atoms with Gasteiger partial charge in [-0.3, -0.25) is 0 Å². The van der Waals surface area contributed by atoms with Crippen LogP contribution in [0.15, 0.2) is 72.8 Å². The fourth-order valence-electron chi connectivity index (χ4n) is 5.16. The van der Waals surface area contributed by atoms with Gasteiger partial charge >= 0.3 is 0 Å². The lowest BCUT2D eigenvalue weighted by Gasteiger charge is -2.27. The molecule has 2 aromatic carbocycles. The van der Waals surface area contributed by atoms with Crippen LogP contribution in [0.4, 0.5) is 0 Å². The second-order valence-electron chi connectivity index (χ2n) is 8.85. The minimum absolute atomic E-state index is 0.102. The van der Waals surface area contributed by atoms with Crippen LogP contribution < -0.4 is 0 Å². The number of aliphatic hydroxyl groups excluding tert-OH is 1. The number of rotatable bonds is 11. The number of allylic oxidation sites excluding steroid dienone is 1. The predicted octanol–water partition coefficient (Wildman–Crippen LogP) is 5.60. The summed E-state index contributed by atoms with van der Waals surface area (Å²) in [7, 11) is 3.59. The number of hydrogen-bond acceptors (Lipinski definition) is 3. The molecule has 30 heavy (non-hydrogen) atoms. The SMILES string of the molecule is COCC1(COC)C[C@H](C/C=C/CC(O)c2ccccc2)[C@@H](Cc2ccccc2)C1. The molecule has 1 unspecified atom stereocenters. The monoisotopic (exact) mass is 408 g/mol. The highest BCUT2D eigenvalue weighted by Crippen LogP contribution is 2.49. The van der Waals surface area contributed by atoms with Crippen molar-refractivity contribution in [3.05, 3.63) is 83.9 Å². The molecule has 0 bridgehead atoms. The molecule has 3 atom stereocenters. The number of benzene rings is 2. The molecule has 0 saturated heterocycles. The second-order valence-corrected chi connectivity index (χ2v) is 8.85. The molecular weight excluding hydrogens is 372 g/mol. The van der Waals surface area contributed by atoms with E-state index in [2.05, 4.69) is 42.5 Å². The summed E-state index contributed by atoms with van der Waals surface area (Å²) in [6.07, 6.45) is 9.02. The van der Waals surface area contributed by atoms with Crippen molar-refractivity contribution in [2.45, 2.75) is 38.2 Å². The molecule has 162 valence electrons. The molecule has 0 amide bonds. The maximum atomic E-state index is 10.4. The maximum Gasteiger partial charge on any atom is 0.0824 e. The van der Waals surface area contributed by atoms with Crippen LogP contribution in [-0.2, 0) is 15.9 Å². The van der Waals surface area contributed by atoms with Gasteiger partial charge in [-0.1, -0.05) is 72.8 Å². The molecule has 0 aliphatic heterocycles. The average molecular weight is 409 g/mol. The van der Waals surface area contributed by atoms with Gasteiger partial charge in [0.25, 0.3) is 0 Å². The molecular formula is C27H36O3. The first-order valence-electron chi connectivity index (χ1n) is 11.1. The molecule has 1 N–H and O–H groups in total. The summed E-state index contributed by atoms with van der Waals surface area (Å²) in [4.78, 5) is 0. The summed E-state index contributed by atoms with van der Waals surface area (Å²) >= 11 is 0. The smallest absolute Gasteiger partial charge is 0.0824 e. The van der Waals surface area contributed by atoms with Crippen LogP contribution >= 0.6 is 0 Å². The van der Waals surface area contributed by atoms with Gasteiger partial charge in [-0.05, 0) is 55.1 Å². The van der Waals surface area contributed by atoms with Crippen molar-refractivity contribution in [1.29, 1.82) is 0 Å². The predicted molar refractivity (Wildman–Crippen MR) is 122 cm³/mol. The summed E-state index contributed by atoms with van der Waals surface area (Å²) in [5, 5.41) is 10.4. The lowest BCUT2D eigenvalue weighted by atomic mass is 9.86. The molecule has 1 aliphatic carbocycles. The lowest BCUT2D eigenvalue weighted by Crippen LogP contribution is -2.29. The van der Waals surface area contributed by atoms with E-state index in [0.717, 1.165) is 44.5 Å². The van der Waals surface area contributed by atoms with Crippen molar-refractivity contribution in [3.8, 4) is 0 Å². The van der Waals surface area contributed by atoms with Crippen LogP contribution in [0, 0.1) is 17.3 Å². The molecule has 1 fully saturated rings. The Hall–Kier alpha value is -1.94. The summed E-state index contributed by atoms with van der Waals surface area (Å²) in [5.74, 6) is 1.21. The average Bonchev–Trinajstić information content (AvgIpc) is 3.09. The van der Waals surface area contributed by atoms with Gasteiger partial charge in [0.15, 0.2) is 0 Å². The normalized spacial score (nSPS) is 21.8. The van der Waals surface area contributed by atoms with Gasteiger partial charge in [0.1, 0.15) is 0 Å². The first-order valence-corrected chi connectivity index (χ1v) is 11.1. The largest absolute Gasteiger partial charge is 0.388 e. The van der Waals surface area contributed by atoms with Gasteiger partial charge in [-0.15, -0.1) is 0 Å². The zero-order valence-corrected chi connectivity index (χ0v) is 18.4. The Bertz CT molecular complexity index is 750. The Morgan fingerprint density at radius 2 is 1.50 bits per heavy atom. The highest BCUT2D eigenvalue weighted by molar-refractivity contribution is 5.18. The summed E-state index contributed by atoms with van der Waals surface area (Å²) in [5.41, 5.74) is 2.48. The lowest BCUT2D eigenvalue weighted by molar-refractivity contribution is 0.0104. The van der Waals surface area contributed by atoms with Gasteiger partial charge in [-0.2, -0.15) is 0 Å². The van der Waals surface area contributed by atoms with Crippen LogP contribution in [0.2, 0.25) is 0 Å². The van der Waals surface area contributed by atoms with Crippen LogP contribution in [0.3, 0.4) is 0 Å². The fourth-order valence-corrected chi connectivity index (χ4v) is 5.16. The van der Waals surface area contributed by atoms with Gasteiger partial charge in [0.05, 0.1) is 19.3 Å². The molecule has 3 heteroatoms. The molecule has 3 nitrogen and oxygen atoms in total. The van der Waals surface area contributed by atoms with E-state index in [-0.39, 0.29) is 5.41 Å². The number of hydrogen-bond donors (Lipinski definition) is 1. The fraction of sp³-hybridized carbons (Fsp3) is 0.481. The molecule has 1 saturated carbocycles. The topological polar surface area (TPSA) is 38.7 Å². The second kappa shape index (κ2) is 11.5. The van der Waals surface area contributed by atoms with Crippen molar-refractivity contribution < 1.29 is 14.6 Å². The standard InChI is InChI=1S/C27H36O3/c1-29-20-27(21-30-2)18-24(25(19-27)17-22-11-5-3-6-12-22)15-9-10-16-26(28)23-13-7-4-8-14-23/h3-14,24-26,28H,15-21H2,1-2H3/b10-9+/t24-,25-,26?/m0/s1. The van der Waals surface area contributed by atoms with Crippen LogP contribution in [0.1, 0.15) is 42.9 Å². The summed E-state index contributed by atoms with van der Waals surface area (Å²) in [6, 6.07) is 20.7. The Labute approximate surface area is 181 Å². The van der Waals surface area contributed by atoms with Gasteiger partial charge in [0.2, 0.25) is 0 Å². The van der Waals surface area contributed by atoms with Gasteiger partial charge in [0, 0.05) is 19.6 Å². The van der Waals surface area contributed by atoms with E-state index in [1.807, 2.05) is 30.3 Å². The van der Waals surface area contributed by atoms with Crippen molar-refractivity contribution in [2.75, 3.05) is 27.4 Å². The Kier molecular flexibility index (Phi) is 8.68. The molecule has 1 aliphatic rings. The third-order valence-corrected chi connectivity index (χ3v) is 6.45. The quantitative estimate of drug-likeness (QED) is 0.492. The zero-order valence-electron chi connectivity index (χ0n) is 18.4. The Morgan fingerprint density at radius 3 is 2.13 bits per heavy atom. The zero-order chi connectivity index (χ0) is 21.2. The Morgan fingerprint density at radius 1 is 0.900 bits per heavy atom. The molecule has 3 rings (SSSR count). The first-order chi connectivity index (χ1) is 14.7. The highest BCUT2D eigenvalue weighted by Gasteiger charge is 2.44. The Balaban J connectivity index is 1.64. The van der Waals surface area contributed by atoms with Crippen molar-refractivity contribution >= 4 is 0 Å². The third-order valence-electron chi connectivity index (χ3n) is 6.45. The van der Waals surface area contributed by atoms with Crippen LogP contribution in [0.25, 0.3) is 0 Å². The minimum atomic E-state index is -0.438. The van der Waals surface area contributed by atoms with Crippen molar-refractivity contribution in [2.24, 2.45) is 17.3 Å². The summed E-state index contributed by atoms with van der Waals surface area (Å²) in [6.45, 7) is 1.50. The van der Waals surface area contributed by atoms with E-state index in [9.17, 15) is 5.11 Å². The minimum Gasteiger partial charge on any atom is -0.388 e. The van der Waals surface area contributed by atoms with Gasteiger partial charge < -0.3 is 14.6 Å². The van der Waals surface area contributed by atoms with Gasteiger partial charge in [-0.25, -0.2) is 0 Å². The van der Waals surface area contributed by atoms with Crippen LogP contribution in [-0.4, -0.2) is 32.5 Å². The molecule has 0 spiro atoms. The van der Waals surface area contributed by atoms with E-state index < -0.39 is 6.10 Å². The van der Waals surface area contributed by atoms with E-state index in [0.29, 0.717) is 18.3 Å². The van der Waals surface area contributed by atoms with Crippen LogP contribution in [0.5, 0.6) is 0 Å². The van der Waals surface area contributed by atoms with E-state index in [1.54, 1.807) is 14.2 Å². The molecule has 0 heterocycles. The van der Waals surface area contributed by atoms with E-state index in [4.69, 9.17) is 9.47 Å². The molecule has 0 aromatic heterocycles. The highest BCUT2D eigenvalue weighted by atomic mass is 16.5. The molecule has 0 radical (unpaired) electrons. The number of methoxy groups -OCH3 is 2. The van der Waals surface area contributed by atoms with Crippen molar-refractivity contribution in [1.82, 2.24) is 0 Å².